The molecule has 0 fully saturated rings. The van der Waals surface area contributed by atoms with Crippen LogP contribution < -0.4 is 10.6 Å². The van der Waals surface area contributed by atoms with Crippen LogP contribution in [0.5, 0.6) is 0 Å². The SMILES string of the molecule is Cc1ccccc1CNC(=O)c1ccc2c(c1)CNCC2. The van der Waals surface area contributed by atoms with E-state index in [1.807, 2.05) is 30.3 Å². The minimum absolute atomic E-state index is 0.00775. The summed E-state index contributed by atoms with van der Waals surface area (Å²) in [6, 6.07) is 14.1. The van der Waals surface area contributed by atoms with E-state index in [0.29, 0.717) is 6.54 Å². The van der Waals surface area contributed by atoms with Gasteiger partial charge in [0.2, 0.25) is 0 Å². The highest BCUT2D eigenvalue weighted by Gasteiger charge is 2.12. The standard InChI is InChI=1S/C18H20N2O/c1-13-4-2-3-5-16(13)12-20-18(21)15-7-6-14-8-9-19-11-17(14)10-15/h2-7,10,19H,8-9,11-12H2,1H3,(H,20,21). The maximum atomic E-state index is 12.3. The Bertz CT molecular complexity index is 664. The molecule has 0 spiro atoms. The summed E-state index contributed by atoms with van der Waals surface area (Å²) in [5.41, 5.74) is 5.69. The minimum atomic E-state index is -0.00775. The van der Waals surface area contributed by atoms with Crippen molar-refractivity contribution in [2.24, 2.45) is 0 Å². The third kappa shape index (κ3) is 3.14. The number of hydrogen-bond donors (Lipinski definition) is 2. The van der Waals surface area contributed by atoms with Crippen molar-refractivity contribution in [3.63, 3.8) is 0 Å². The van der Waals surface area contributed by atoms with Gasteiger partial charge in [0.15, 0.2) is 0 Å². The summed E-state index contributed by atoms with van der Waals surface area (Å²) in [4.78, 5) is 12.3. The Hall–Kier alpha value is -2.13. The van der Waals surface area contributed by atoms with Gasteiger partial charge in [-0.3, -0.25) is 4.79 Å². The molecule has 1 aliphatic rings. The quantitative estimate of drug-likeness (QED) is 0.907. The van der Waals surface area contributed by atoms with E-state index in [2.05, 4.69) is 29.7 Å². The molecule has 1 heterocycles. The smallest absolute Gasteiger partial charge is 0.251 e. The van der Waals surface area contributed by atoms with E-state index in [4.69, 9.17) is 0 Å². The maximum absolute atomic E-state index is 12.3. The number of rotatable bonds is 3. The highest BCUT2D eigenvalue weighted by Crippen LogP contribution is 2.16. The number of nitrogens with one attached hydrogen (secondary N) is 2. The first kappa shape index (κ1) is 13.8. The molecule has 3 heteroatoms. The van der Waals surface area contributed by atoms with Crippen LogP contribution in [0.25, 0.3) is 0 Å². The van der Waals surface area contributed by atoms with Crippen molar-refractivity contribution in [1.82, 2.24) is 10.6 Å². The van der Waals surface area contributed by atoms with Gasteiger partial charge in [-0.05, 0) is 54.3 Å². The van der Waals surface area contributed by atoms with Crippen LogP contribution in [0.1, 0.15) is 32.6 Å². The molecule has 0 aromatic heterocycles. The normalized spacial score (nSPS) is 13.6. The van der Waals surface area contributed by atoms with Crippen LogP contribution in [0.3, 0.4) is 0 Å². The summed E-state index contributed by atoms with van der Waals surface area (Å²) >= 11 is 0. The molecule has 2 N–H and O–H groups in total. The number of hydrogen-bond acceptors (Lipinski definition) is 2. The molecule has 0 saturated heterocycles. The topological polar surface area (TPSA) is 41.1 Å². The summed E-state index contributed by atoms with van der Waals surface area (Å²) in [7, 11) is 0. The summed E-state index contributed by atoms with van der Waals surface area (Å²) in [5.74, 6) is -0.00775. The van der Waals surface area contributed by atoms with Gasteiger partial charge in [-0.15, -0.1) is 0 Å². The molecular weight excluding hydrogens is 260 g/mol. The molecule has 21 heavy (non-hydrogen) atoms. The average Bonchev–Trinajstić information content (AvgIpc) is 2.53. The lowest BCUT2D eigenvalue weighted by atomic mass is 9.98. The average molecular weight is 280 g/mol. The maximum Gasteiger partial charge on any atom is 0.251 e. The largest absolute Gasteiger partial charge is 0.348 e. The fourth-order valence-corrected chi connectivity index (χ4v) is 2.71. The summed E-state index contributed by atoms with van der Waals surface area (Å²) in [5, 5.41) is 6.34. The number of carbonyl (C=O) groups excluding carboxylic acids is 1. The Morgan fingerprint density at radius 2 is 2.05 bits per heavy atom. The zero-order valence-electron chi connectivity index (χ0n) is 12.3. The second kappa shape index (κ2) is 6.10. The molecule has 0 bridgehead atoms. The second-order valence-corrected chi connectivity index (χ2v) is 5.52. The fourth-order valence-electron chi connectivity index (χ4n) is 2.71. The Balaban J connectivity index is 1.69. The zero-order valence-corrected chi connectivity index (χ0v) is 12.3. The first-order valence-corrected chi connectivity index (χ1v) is 7.39. The van der Waals surface area contributed by atoms with E-state index in [1.165, 1.54) is 16.7 Å². The predicted octanol–water partition coefficient (Wildman–Crippen LogP) is 2.57. The molecule has 0 aliphatic carbocycles. The van der Waals surface area contributed by atoms with Gasteiger partial charge in [0.1, 0.15) is 0 Å². The van der Waals surface area contributed by atoms with Crippen LogP contribution in [0, 0.1) is 6.92 Å². The molecule has 0 atom stereocenters. The third-order valence-electron chi connectivity index (χ3n) is 4.06. The molecule has 1 aliphatic heterocycles. The highest BCUT2D eigenvalue weighted by molar-refractivity contribution is 5.94. The number of carbonyl (C=O) groups is 1. The monoisotopic (exact) mass is 280 g/mol. The van der Waals surface area contributed by atoms with Gasteiger partial charge in [-0.25, -0.2) is 0 Å². The fraction of sp³-hybridized carbons (Fsp3) is 0.278. The van der Waals surface area contributed by atoms with Gasteiger partial charge in [0.25, 0.3) is 5.91 Å². The lowest BCUT2D eigenvalue weighted by molar-refractivity contribution is 0.0950. The molecule has 108 valence electrons. The first-order valence-electron chi connectivity index (χ1n) is 7.39. The van der Waals surface area contributed by atoms with Crippen LogP contribution in [0.4, 0.5) is 0 Å². The van der Waals surface area contributed by atoms with E-state index in [0.717, 1.165) is 30.6 Å². The summed E-state index contributed by atoms with van der Waals surface area (Å²) < 4.78 is 0. The lowest BCUT2D eigenvalue weighted by Crippen LogP contribution is -2.26. The van der Waals surface area contributed by atoms with Crippen molar-refractivity contribution in [1.29, 1.82) is 0 Å². The van der Waals surface area contributed by atoms with Crippen molar-refractivity contribution < 1.29 is 4.79 Å². The van der Waals surface area contributed by atoms with Crippen molar-refractivity contribution >= 4 is 5.91 Å². The molecule has 0 unspecified atom stereocenters. The molecular formula is C18H20N2O. The van der Waals surface area contributed by atoms with Crippen molar-refractivity contribution in [3.8, 4) is 0 Å². The molecule has 2 aromatic rings. The molecule has 1 amide bonds. The Morgan fingerprint density at radius 3 is 2.90 bits per heavy atom. The van der Waals surface area contributed by atoms with Crippen LogP contribution in [-0.4, -0.2) is 12.5 Å². The minimum Gasteiger partial charge on any atom is -0.348 e. The van der Waals surface area contributed by atoms with Crippen LogP contribution in [0.15, 0.2) is 42.5 Å². The molecule has 0 radical (unpaired) electrons. The lowest BCUT2D eigenvalue weighted by Gasteiger charge is -2.17. The second-order valence-electron chi connectivity index (χ2n) is 5.52. The van der Waals surface area contributed by atoms with E-state index in [1.54, 1.807) is 0 Å². The predicted molar refractivity (Wildman–Crippen MR) is 84.2 cm³/mol. The van der Waals surface area contributed by atoms with E-state index in [-0.39, 0.29) is 5.91 Å². The van der Waals surface area contributed by atoms with Gasteiger partial charge in [0, 0.05) is 18.7 Å². The van der Waals surface area contributed by atoms with Crippen LogP contribution >= 0.6 is 0 Å². The summed E-state index contributed by atoms with van der Waals surface area (Å²) in [6.45, 7) is 4.51. The molecule has 0 saturated carbocycles. The molecule has 3 nitrogen and oxygen atoms in total. The van der Waals surface area contributed by atoms with Gasteiger partial charge in [-0.2, -0.15) is 0 Å². The van der Waals surface area contributed by atoms with E-state index < -0.39 is 0 Å². The highest BCUT2D eigenvalue weighted by atomic mass is 16.1. The number of aryl methyl sites for hydroxylation is 1. The Morgan fingerprint density at radius 1 is 1.19 bits per heavy atom. The van der Waals surface area contributed by atoms with Gasteiger partial charge < -0.3 is 10.6 Å². The van der Waals surface area contributed by atoms with Crippen LogP contribution in [-0.2, 0) is 19.5 Å². The Kier molecular flexibility index (Phi) is 4.02. The first-order chi connectivity index (χ1) is 10.2. The van der Waals surface area contributed by atoms with Gasteiger partial charge in [-0.1, -0.05) is 30.3 Å². The number of fused-ring (bicyclic) bond motifs is 1. The number of benzene rings is 2. The van der Waals surface area contributed by atoms with Crippen molar-refractivity contribution in [3.05, 3.63) is 70.3 Å². The molecule has 3 rings (SSSR count). The van der Waals surface area contributed by atoms with Gasteiger partial charge >= 0.3 is 0 Å². The van der Waals surface area contributed by atoms with E-state index >= 15 is 0 Å². The van der Waals surface area contributed by atoms with Gasteiger partial charge in [0.05, 0.1) is 0 Å². The molecule has 2 aromatic carbocycles. The number of amides is 1. The third-order valence-corrected chi connectivity index (χ3v) is 4.06. The van der Waals surface area contributed by atoms with E-state index in [9.17, 15) is 4.79 Å². The van der Waals surface area contributed by atoms with Crippen molar-refractivity contribution in [2.45, 2.75) is 26.4 Å². The summed E-state index contributed by atoms with van der Waals surface area (Å²) in [6.07, 6.45) is 1.04. The Labute approximate surface area is 125 Å². The zero-order chi connectivity index (χ0) is 14.7. The van der Waals surface area contributed by atoms with Crippen molar-refractivity contribution in [2.75, 3.05) is 6.54 Å². The van der Waals surface area contributed by atoms with Crippen LogP contribution in [0.2, 0.25) is 0 Å².